The average molecular weight is 397 g/mol. The summed E-state index contributed by atoms with van der Waals surface area (Å²) in [5.41, 5.74) is -12.0. The van der Waals surface area contributed by atoms with Gasteiger partial charge in [-0.25, -0.2) is 16.8 Å². The van der Waals surface area contributed by atoms with Crippen LogP contribution in [-0.4, -0.2) is 33.7 Å². The van der Waals surface area contributed by atoms with Gasteiger partial charge in [-0.2, -0.15) is 26.3 Å². The van der Waals surface area contributed by atoms with Crippen molar-refractivity contribution in [2.24, 2.45) is 4.40 Å². The Balaban J connectivity index is 3.53. The molecule has 0 aromatic heterocycles. The molecular formula is C10H7F6N2O4S2-. The molecule has 6 nitrogen and oxygen atoms in total. The van der Waals surface area contributed by atoms with Gasteiger partial charge in [0.15, 0.2) is 0 Å². The van der Waals surface area contributed by atoms with Gasteiger partial charge in [-0.1, -0.05) is 29.8 Å². The van der Waals surface area contributed by atoms with Gasteiger partial charge in [-0.15, -0.1) is 0 Å². The lowest BCUT2D eigenvalue weighted by Gasteiger charge is -2.21. The van der Waals surface area contributed by atoms with Crippen molar-refractivity contribution in [1.82, 2.24) is 0 Å². The molecule has 0 aliphatic heterocycles. The highest BCUT2D eigenvalue weighted by atomic mass is 32.2. The standard InChI is InChI=1S/C10H7F6N2O4S2/c1-6-2-4-7(5-3-6)8(17-23(19,20)9(11,12)13)18-24(21,22)10(14,15)16/h2-5H,1H3/q-1. The van der Waals surface area contributed by atoms with E-state index in [4.69, 9.17) is 0 Å². The van der Waals surface area contributed by atoms with Crippen molar-refractivity contribution in [2.75, 3.05) is 0 Å². The number of alkyl halides is 6. The van der Waals surface area contributed by atoms with Crippen LogP contribution < -0.4 is 0 Å². The molecule has 24 heavy (non-hydrogen) atoms. The van der Waals surface area contributed by atoms with Gasteiger partial charge in [-0.3, -0.25) is 0 Å². The van der Waals surface area contributed by atoms with Crippen molar-refractivity contribution in [2.45, 2.75) is 17.9 Å². The highest BCUT2D eigenvalue weighted by Crippen LogP contribution is 2.31. The summed E-state index contributed by atoms with van der Waals surface area (Å²) < 4.78 is 122. The molecule has 0 amide bonds. The summed E-state index contributed by atoms with van der Waals surface area (Å²) in [6.07, 6.45) is 0. The van der Waals surface area contributed by atoms with Crippen LogP contribution in [-0.2, 0) is 20.0 Å². The Labute approximate surface area is 132 Å². The van der Waals surface area contributed by atoms with Crippen molar-refractivity contribution in [3.05, 3.63) is 40.1 Å². The summed E-state index contributed by atoms with van der Waals surface area (Å²) in [6, 6.07) is 4.10. The minimum absolute atomic E-state index is 0.510. The van der Waals surface area contributed by atoms with Gasteiger partial charge in [0.2, 0.25) is 0 Å². The number of hydrogen-bond donors (Lipinski definition) is 0. The normalized spacial score (nSPS) is 14.5. The van der Waals surface area contributed by atoms with E-state index >= 15 is 0 Å². The highest BCUT2D eigenvalue weighted by Gasteiger charge is 2.45. The summed E-state index contributed by atoms with van der Waals surface area (Å²) in [7, 11) is -12.6. The molecule has 0 saturated carbocycles. The lowest BCUT2D eigenvalue weighted by Crippen LogP contribution is -2.26. The first kappa shape index (κ1) is 20.2. The molecule has 1 rings (SSSR count). The zero-order valence-corrected chi connectivity index (χ0v) is 13.1. The maximum atomic E-state index is 12.3. The first-order valence-electron chi connectivity index (χ1n) is 5.59. The van der Waals surface area contributed by atoms with Gasteiger partial charge in [0.05, 0.1) is 0 Å². The van der Waals surface area contributed by atoms with E-state index in [-0.39, 0.29) is 0 Å². The van der Waals surface area contributed by atoms with Crippen LogP contribution in [0.5, 0.6) is 0 Å². The van der Waals surface area contributed by atoms with E-state index in [1.54, 1.807) is 0 Å². The third-order valence-corrected chi connectivity index (χ3v) is 4.30. The van der Waals surface area contributed by atoms with E-state index in [0.717, 1.165) is 12.1 Å². The third kappa shape index (κ3) is 4.59. The van der Waals surface area contributed by atoms with Gasteiger partial charge in [0.25, 0.3) is 20.0 Å². The highest BCUT2D eigenvalue weighted by molar-refractivity contribution is 7.96. The van der Waals surface area contributed by atoms with Crippen molar-refractivity contribution < 1.29 is 43.2 Å². The van der Waals surface area contributed by atoms with E-state index in [1.165, 1.54) is 19.1 Å². The zero-order chi connectivity index (χ0) is 19.0. The van der Waals surface area contributed by atoms with Crippen molar-refractivity contribution >= 4 is 25.9 Å². The lowest BCUT2D eigenvalue weighted by molar-refractivity contribution is -0.0436. The van der Waals surface area contributed by atoms with Crippen LogP contribution in [0, 0.1) is 6.92 Å². The average Bonchev–Trinajstić information content (AvgIpc) is 2.35. The Morgan fingerprint density at radius 1 is 0.917 bits per heavy atom. The number of hydrogen-bond acceptors (Lipinski definition) is 4. The predicted molar refractivity (Wildman–Crippen MR) is 71.0 cm³/mol. The number of nitrogens with zero attached hydrogens (tertiary/aromatic N) is 2. The van der Waals surface area contributed by atoms with E-state index < -0.39 is 42.5 Å². The summed E-state index contributed by atoms with van der Waals surface area (Å²) in [6.45, 7) is 1.51. The smallest absolute Gasteiger partial charge is 0.349 e. The van der Waals surface area contributed by atoms with Gasteiger partial charge < -0.3 is 9.12 Å². The topological polar surface area (TPSA) is 94.7 Å². The zero-order valence-electron chi connectivity index (χ0n) is 11.4. The number of amidine groups is 1. The quantitative estimate of drug-likeness (QED) is 0.445. The molecule has 0 N–H and O–H groups in total. The van der Waals surface area contributed by atoms with Gasteiger partial charge in [0.1, 0.15) is 0 Å². The number of sulfonamides is 2. The second-order valence-electron chi connectivity index (χ2n) is 4.21. The van der Waals surface area contributed by atoms with Gasteiger partial charge in [0, 0.05) is 0 Å². The fourth-order valence-corrected chi connectivity index (χ4v) is 2.16. The molecule has 136 valence electrons. The molecule has 0 spiro atoms. The van der Waals surface area contributed by atoms with Crippen LogP contribution in [0.1, 0.15) is 11.1 Å². The molecule has 0 unspecified atom stereocenters. The molecule has 0 aliphatic rings. The first-order valence-corrected chi connectivity index (χ1v) is 8.47. The number of benzene rings is 1. The Kier molecular flexibility index (Phi) is 5.25. The lowest BCUT2D eigenvalue weighted by atomic mass is 10.1. The largest absolute Gasteiger partial charge is 0.499 e. The van der Waals surface area contributed by atoms with E-state index in [2.05, 4.69) is 9.12 Å². The van der Waals surface area contributed by atoms with Crippen LogP contribution in [0.3, 0.4) is 0 Å². The van der Waals surface area contributed by atoms with E-state index in [0.29, 0.717) is 5.56 Å². The van der Waals surface area contributed by atoms with Crippen molar-refractivity contribution in [3.63, 3.8) is 0 Å². The Morgan fingerprint density at radius 2 is 1.38 bits per heavy atom. The van der Waals surface area contributed by atoms with Crippen LogP contribution >= 0.6 is 0 Å². The maximum Gasteiger partial charge on any atom is 0.499 e. The van der Waals surface area contributed by atoms with Crippen LogP contribution in [0.25, 0.3) is 4.72 Å². The Morgan fingerprint density at radius 3 is 1.75 bits per heavy atom. The van der Waals surface area contributed by atoms with E-state index in [1.807, 2.05) is 0 Å². The minimum Gasteiger partial charge on any atom is -0.349 e. The van der Waals surface area contributed by atoms with E-state index in [9.17, 15) is 43.2 Å². The number of halogens is 6. The van der Waals surface area contributed by atoms with Crippen molar-refractivity contribution in [3.8, 4) is 0 Å². The Bertz CT molecular complexity index is 839. The van der Waals surface area contributed by atoms with Gasteiger partial charge in [-0.05, 0) is 18.3 Å². The fourth-order valence-electron chi connectivity index (χ4n) is 1.16. The summed E-state index contributed by atoms with van der Waals surface area (Å²) in [5.74, 6) is -1.76. The SMILES string of the molecule is Cc1ccc(/C(=N/S(=O)(=O)C(F)(F)F)[N-]S(=O)(=O)C(F)(F)F)cc1. The first-order chi connectivity index (χ1) is 10.6. The van der Waals surface area contributed by atoms with Gasteiger partial charge >= 0.3 is 11.0 Å². The molecule has 0 saturated heterocycles. The molecule has 0 radical (unpaired) electrons. The second kappa shape index (κ2) is 6.23. The molecule has 1 aromatic carbocycles. The summed E-state index contributed by atoms with van der Waals surface area (Å²) >= 11 is 0. The second-order valence-corrected chi connectivity index (χ2v) is 7.41. The molecule has 0 bridgehead atoms. The summed E-state index contributed by atoms with van der Waals surface area (Å²) in [4.78, 5) is 0. The molecule has 0 aliphatic carbocycles. The molecular weight excluding hydrogens is 390 g/mol. The maximum absolute atomic E-state index is 12.3. The number of rotatable bonds is 3. The predicted octanol–water partition coefficient (Wildman–Crippen LogP) is 2.81. The van der Waals surface area contributed by atoms with Crippen LogP contribution in [0.15, 0.2) is 28.7 Å². The van der Waals surface area contributed by atoms with Crippen LogP contribution in [0.2, 0.25) is 0 Å². The number of aryl methyl sites for hydroxylation is 1. The Hall–Kier alpha value is -1.83. The fraction of sp³-hybridized carbons (Fsp3) is 0.300. The van der Waals surface area contributed by atoms with Crippen molar-refractivity contribution in [1.29, 1.82) is 0 Å². The molecule has 0 fully saturated rings. The third-order valence-electron chi connectivity index (χ3n) is 2.31. The summed E-state index contributed by atoms with van der Waals surface area (Å²) in [5, 5.41) is 0. The minimum atomic E-state index is -6.31. The monoisotopic (exact) mass is 397 g/mol. The van der Waals surface area contributed by atoms with Crippen LogP contribution in [0.4, 0.5) is 26.3 Å². The molecule has 1 aromatic rings. The molecule has 0 heterocycles. The molecule has 14 heteroatoms. The molecule has 0 atom stereocenters.